The van der Waals surface area contributed by atoms with Gasteiger partial charge in [-0.1, -0.05) is 25.1 Å². The lowest BCUT2D eigenvalue weighted by Crippen LogP contribution is -2.21. The zero-order valence-electron chi connectivity index (χ0n) is 12.0. The topological polar surface area (TPSA) is 88.9 Å². The molecule has 2 N–H and O–H groups in total. The molecule has 0 unspecified atom stereocenters. The van der Waals surface area contributed by atoms with E-state index in [4.69, 9.17) is 0 Å². The van der Waals surface area contributed by atoms with Gasteiger partial charge in [0.2, 0.25) is 11.8 Å². The third-order valence-electron chi connectivity index (χ3n) is 2.80. The molecule has 21 heavy (non-hydrogen) atoms. The second kappa shape index (κ2) is 6.65. The fourth-order valence-electron chi connectivity index (χ4n) is 1.88. The summed E-state index contributed by atoms with van der Waals surface area (Å²) in [6.07, 6.45) is 2.23. The smallest absolute Gasteiger partial charge is 0.247 e. The Kier molecular flexibility index (Phi) is 4.65. The standard InChI is InChI=1S/C14H17N5O2/c1-3-11-6-4-5-7-12(11)17-14(21)9-19-15-8-13(18-19)16-10(2)20/h4-8H,3,9H2,1-2H3,(H,17,21)(H,16,18,20). The summed E-state index contributed by atoms with van der Waals surface area (Å²) >= 11 is 0. The van der Waals surface area contributed by atoms with Crippen molar-refractivity contribution in [2.45, 2.75) is 26.8 Å². The van der Waals surface area contributed by atoms with E-state index in [-0.39, 0.29) is 18.4 Å². The number of anilines is 2. The molecule has 2 amide bonds. The lowest BCUT2D eigenvalue weighted by atomic mass is 10.1. The zero-order chi connectivity index (χ0) is 15.2. The van der Waals surface area contributed by atoms with E-state index in [1.165, 1.54) is 17.9 Å². The van der Waals surface area contributed by atoms with E-state index in [2.05, 4.69) is 20.8 Å². The van der Waals surface area contributed by atoms with Gasteiger partial charge in [0, 0.05) is 12.6 Å². The van der Waals surface area contributed by atoms with Gasteiger partial charge in [0.1, 0.15) is 6.54 Å². The van der Waals surface area contributed by atoms with Gasteiger partial charge in [0.15, 0.2) is 5.82 Å². The van der Waals surface area contributed by atoms with Crippen molar-refractivity contribution in [3.8, 4) is 0 Å². The van der Waals surface area contributed by atoms with Crippen LogP contribution in [-0.4, -0.2) is 26.8 Å². The molecule has 1 aromatic heterocycles. The zero-order valence-corrected chi connectivity index (χ0v) is 12.0. The minimum absolute atomic E-state index is 0.0162. The summed E-state index contributed by atoms with van der Waals surface area (Å²) in [6, 6.07) is 7.63. The molecule has 2 aromatic rings. The van der Waals surface area contributed by atoms with Gasteiger partial charge in [0.05, 0.1) is 6.20 Å². The van der Waals surface area contributed by atoms with Crippen molar-refractivity contribution >= 4 is 23.3 Å². The van der Waals surface area contributed by atoms with Crippen LogP contribution in [0.4, 0.5) is 11.5 Å². The summed E-state index contributed by atoms with van der Waals surface area (Å²) in [4.78, 5) is 24.1. The van der Waals surface area contributed by atoms with E-state index in [1.54, 1.807) is 0 Å². The van der Waals surface area contributed by atoms with Gasteiger partial charge in [-0.3, -0.25) is 9.59 Å². The number of nitrogens with one attached hydrogen (secondary N) is 2. The van der Waals surface area contributed by atoms with E-state index < -0.39 is 0 Å². The third kappa shape index (κ3) is 4.13. The van der Waals surface area contributed by atoms with Crippen LogP contribution in [0.3, 0.4) is 0 Å². The Balaban J connectivity index is 1.98. The molecule has 0 aliphatic rings. The molecule has 0 atom stereocenters. The molecule has 110 valence electrons. The van der Waals surface area contributed by atoms with Gasteiger partial charge >= 0.3 is 0 Å². The first kappa shape index (κ1) is 14.7. The van der Waals surface area contributed by atoms with Crippen molar-refractivity contribution in [3.05, 3.63) is 36.0 Å². The van der Waals surface area contributed by atoms with E-state index in [9.17, 15) is 9.59 Å². The highest BCUT2D eigenvalue weighted by Crippen LogP contribution is 2.15. The number of hydrogen-bond acceptors (Lipinski definition) is 4. The number of carbonyl (C=O) groups is 2. The van der Waals surface area contributed by atoms with Crippen LogP contribution in [0.25, 0.3) is 0 Å². The first-order valence-electron chi connectivity index (χ1n) is 6.64. The van der Waals surface area contributed by atoms with Gasteiger partial charge in [-0.2, -0.15) is 9.90 Å². The van der Waals surface area contributed by atoms with E-state index >= 15 is 0 Å². The monoisotopic (exact) mass is 287 g/mol. The van der Waals surface area contributed by atoms with Gasteiger partial charge in [0.25, 0.3) is 0 Å². The molecule has 0 aliphatic heterocycles. The van der Waals surface area contributed by atoms with E-state index in [0.29, 0.717) is 5.82 Å². The number of benzene rings is 1. The van der Waals surface area contributed by atoms with Crippen LogP contribution in [0, 0.1) is 0 Å². The number of carbonyl (C=O) groups excluding carboxylic acids is 2. The third-order valence-corrected chi connectivity index (χ3v) is 2.80. The SMILES string of the molecule is CCc1ccccc1NC(=O)Cn1ncc(NC(C)=O)n1. The quantitative estimate of drug-likeness (QED) is 0.870. The summed E-state index contributed by atoms with van der Waals surface area (Å²) in [7, 11) is 0. The van der Waals surface area contributed by atoms with Crippen molar-refractivity contribution in [2.24, 2.45) is 0 Å². The highest BCUT2D eigenvalue weighted by molar-refractivity contribution is 5.91. The molecule has 0 spiro atoms. The number of aromatic nitrogens is 3. The van der Waals surface area contributed by atoms with Crippen molar-refractivity contribution in [1.29, 1.82) is 0 Å². The number of para-hydroxylation sites is 1. The first-order chi connectivity index (χ1) is 10.1. The Morgan fingerprint density at radius 1 is 1.24 bits per heavy atom. The van der Waals surface area contributed by atoms with Crippen LogP contribution >= 0.6 is 0 Å². The summed E-state index contributed by atoms with van der Waals surface area (Å²) in [6.45, 7) is 3.39. The first-order valence-corrected chi connectivity index (χ1v) is 6.64. The van der Waals surface area contributed by atoms with Crippen LogP contribution in [0.2, 0.25) is 0 Å². The Morgan fingerprint density at radius 3 is 2.71 bits per heavy atom. The fourth-order valence-corrected chi connectivity index (χ4v) is 1.88. The van der Waals surface area contributed by atoms with Gasteiger partial charge in [-0.15, -0.1) is 5.10 Å². The fraction of sp³-hybridized carbons (Fsp3) is 0.286. The molecule has 0 bridgehead atoms. The van der Waals surface area contributed by atoms with E-state index in [0.717, 1.165) is 17.7 Å². The number of amides is 2. The molecule has 2 rings (SSSR count). The molecular formula is C14H17N5O2. The number of aryl methyl sites for hydroxylation is 1. The molecule has 1 heterocycles. The maximum Gasteiger partial charge on any atom is 0.247 e. The largest absolute Gasteiger partial charge is 0.324 e. The number of hydrogen-bond donors (Lipinski definition) is 2. The Bertz CT molecular complexity index is 650. The second-order valence-electron chi connectivity index (χ2n) is 4.50. The van der Waals surface area contributed by atoms with Crippen molar-refractivity contribution in [3.63, 3.8) is 0 Å². The van der Waals surface area contributed by atoms with Crippen LogP contribution < -0.4 is 10.6 Å². The Morgan fingerprint density at radius 2 is 2.00 bits per heavy atom. The predicted octanol–water partition coefficient (Wildman–Crippen LogP) is 1.44. The molecule has 0 saturated heterocycles. The molecular weight excluding hydrogens is 270 g/mol. The van der Waals surface area contributed by atoms with Gasteiger partial charge in [-0.25, -0.2) is 0 Å². The average Bonchev–Trinajstić information content (AvgIpc) is 2.85. The van der Waals surface area contributed by atoms with Crippen molar-refractivity contribution in [1.82, 2.24) is 15.0 Å². The molecule has 7 heteroatoms. The lowest BCUT2D eigenvalue weighted by Gasteiger charge is -2.09. The van der Waals surface area contributed by atoms with Crippen LogP contribution in [-0.2, 0) is 22.6 Å². The average molecular weight is 287 g/mol. The maximum absolute atomic E-state index is 12.0. The molecule has 7 nitrogen and oxygen atoms in total. The predicted molar refractivity (Wildman–Crippen MR) is 78.8 cm³/mol. The maximum atomic E-state index is 12.0. The summed E-state index contributed by atoms with van der Waals surface area (Å²) in [5, 5.41) is 13.2. The van der Waals surface area contributed by atoms with Crippen LogP contribution in [0.15, 0.2) is 30.5 Å². The van der Waals surface area contributed by atoms with Crippen molar-refractivity contribution in [2.75, 3.05) is 10.6 Å². The molecule has 0 fully saturated rings. The molecule has 0 aliphatic carbocycles. The molecule has 1 aromatic carbocycles. The minimum atomic E-state index is -0.233. The lowest BCUT2D eigenvalue weighted by molar-refractivity contribution is -0.117. The van der Waals surface area contributed by atoms with E-state index in [1.807, 2.05) is 31.2 Å². The highest BCUT2D eigenvalue weighted by Gasteiger charge is 2.09. The summed E-state index contributed by atoms with van der Waals surface area (Å²) in [5.41, 5.74) is 1.86. The summed E-state index contributed by atoms with van der Waals surface area (Å²) in [5.74, 6) is -0.131. The Hall–Kier alpha value is -2.70. The highest BCUT2D eigenvalue weighted by atomic mass is 16.2. The van der Waals surface area contributed by atoms with Crippen molar-refractivity contribution < 1.29 is 9.59 Å². The number of nitrogens with zero attached hydrogens (tertiary/aromatic N) is 3. The molecule has 0 saturated carbocycles. The van der Waals surface area contributed by atoms with Gasteiger partial charge < -0.3 is 10.6 Å². The van der Waals surface area contributed by atoms with Crippen LogP contribution in [0.5, 0.6) is 0 Å². The Labute approximate surface area is 122 Å². The molecule has 0 radical (unpaired) electrons. The van der Waals surface area contributed by atoms with Gasteiger partial charge in [-0.05, 0) is 18.1 Å². The normalized spacial score (nSPS) is 10.2. The van der Waals surface area contributed by atoms with Crippen LogP contribution in [0.1, 0.15) is 19.4 Å². The minimum Gasteiger partial charge on any atom is -0.324 e. The number of rotatable bonds is 5. The second-order valence-corrected chi connectivity index (χ2v) is 4.50. The summed E-state index contributed by atoms with van der Waals surface area (Å²) < 4.78 is 0.